The largest absolute Gasteiger partial charge is 0.389 e. The van der Waals surface area contributed by atoms with Crippen molar-refractivity contribution in [1.82, 2.24) is 14.8 Å². The summed E-state index contributed by atoms with van der Waals surface area (Å²) in [7, 11) is 0. The standard InChI is InChI=1S/C14H20BrN3O2/c1-14(2,20)10-17-5-7-18(8-6-17)13(19)11-3-4-12(15)16-9-11/h3-4,9,20H,5-8,10H2,1-2H3. The van der Waals surface area contributed by atoms with Crippen molar-refractivity contribution in [2.24, 2.45) is 0 Å². The van der Waals surface area contributed by atoms with Gasteiger partial charge in [-0.2, -0.15) is 0 Å². The Morgan fingerprint density at radius 3 is 2.50 bits per heavy atom. The van der Waals surface area contributed by atoms with E-state index in [4.69, 9.17) is 0 Å². The van der Waals surface area contributed by atoms with Gasteiger partial charge in [-0.25, -0.2) is 4.98 Å². The summed E-state index contributed by atoms with van der Waals surface area (Å²) < 4.78 is 0.726. The van der Waals surface area contributed by atoms with Crippen LogP contribution in [0.4, 0.5) is 0 Å². The summed E-state index contributed by atoms with van der Waals surface area (Å²) in [6, 6.07) is 3.56. The predicted molar refractivity (Wildman–Crippen MR) is 80.6 cm³/mol. The first-order valence-electron chi connectivity index (χ1n) is 6.71. The van der Waals surface area contributed by atoms with Crippen LogP contribution in [0.5, 0.6) is 0 Å². The van der Waals surface area contributed by atoms with E-state index in [0.29, 0.717) is 25.2 Å². The minimum absolute atomic E-state index is 0.0212. The van der Waals surface area contributed by atoms with E-state index in [1.807, 2.05) is 4.90 Å². The molecule has 1 aromatic rings. The third-order valence-corrected chi connectivity index (χ3v) is 3.71. The quantitative estimate of drug-likeness (QED) is 0.843. The van der Waals surface area contributed by atoms with Crippen LogP contribution in [0, 0.1) is 0 Å². The molecule has 20 heavy (non-hydrogen) atoms. The number of aromatic nitrogens is 1. The van der Waals surface area contributed by atoms with Crippen LogP contribution < -0.4 is 0 Å². The monoisotopic (exact) mass is 341 g/mol. The number of halogens is 1. The van der Waals surface area contributed by atoms with Gasteiger partial charge in [0, 0.05) is 38.9 Å². The number of hydrogen-bond acceptors (Lipinski definition) is 4. The molecular weight excluding hydrogens is 322 g/mol. The second kappa shape index (κ2) is 6.20. The van der Waals surface area contributed by atoms with Crippen LogP contribution in [-0.4, -0.2) is 64.1 Å². The fourth-order valence-electron chi connectivity index (χ4n) is 2.34. The molecule has 0 aliphatic carbocycles. The lowest BCUT2D eigenvalue weighted by atomic mass is 10.1. The maximum Gasteiger partial charge on any atom is 0.255 e. The Morgan fingerprint density at radius 2 is 2.00 bits per heavy atom. The number of nitrogens with zero attached hydrogens (tertiary/aromatic N) is 3. The number of carbonyl (C=O) groups is 1. The van der Waals surface area contributed by atoms with Crippen LogP contribution in [0.3, 0.4) is 0 Å². The fourth-order valence-corrected chi connectivity index (χ4v) is 2.58. The molecule has 1 saturated heterocycles. The van der Waals surface area contributed by atoms with Crippen LogP contribution >= 0.6 is 15.9 Å². The molecular formula is C14H20BrN3O2. The third-order valence-electron chi connectivity index (χ3n) is 3.24. The summed E-state index contributed by atoms with van der Waals surface area (Å²) >= 11 is 3.26. The molecule has 0 spiro atoms. The van der Waals surface area contributed by atoms with E-state index >= 15 is 0 Å². The van der Waals surface area contributed by atoms with Crippen molar-refractivity contribution in [3.05, 3.63) is 28.5 Å². The van der Waals surface area contributed by atoms with Crippen LogP contribution in [0.2, 0.25) is 0 Å². The van der Waals surface area contributed by atoms with E-state index in [1.54, 1.807) is 32.2 Å². The first kappa shape index (κ1) is 15.4. The van der Waals surface area contributed by atoms with E-state index in [9.17, 15) is 9.90 Å². The number of hydrogen-bond donors (Lipinski definition) is 1. The zero-order chi connectivity index (χ0) is 14.8. The summed E-state index contributed by atoms with van der Waals surface area (Å²) in [5.74, 6) is 0.0212. The SMILES string of the molecule is CC(C)(O)CN1CCN(C(=O)c2ccc(Br)nc2)CC1. The minimum atomic E-state index is -0.693. The van der Waals surface area contributed by atoms with Gasteiger partial charge in [-0.3, -0.25) is 9.69 Å². The molecule has 0 atom stereocenters. The normalized spacial score (nSPS) is 17.3. The van der Waals surface area contributed by atoms with Crippen LogP contribution in [0.25, 0.3) is 0 Å². The second-order valence-corrected chi connectivity index (χ2v) is 6.56. The zero-order valence-electron chi connectivity index (χ0n) is 11.8. The van der Waals surface area contributed by atoms with Crippen molar-refractivity contribution in [1.29, 1.82) is 0 Å². The lowest BCUT2D eigenvalue weighted by Gasteiger charge is -2.37. The van der Waals surface area contributed by atoms with E-state index in [1.165, 1.54) is 0 Å². The molecule has 6 heteroatoms. The number of rotatable bonds is 3. The molecule has 0 aromatic carbocycles. The Kier molecular flexibility index (Phi) is 4.78. The molecule has 110 valence electrons. The molecule has 0 unspecified atom stereocenters. The Balaban J connectivity index is 1.90. The van der Waals surface area contributed by atoms with Gasteiger partial charge in [-0.15, -0.1) is 0 Å². The summed E-state index contributed by atoms with van der Waals surface area (Å²) in [5, 5.41) is 9.81. The second-order valence-electron chi connectivity index (χ2n) is 5.75. The van der Waals surface area contributed by atoms with Crippen molar-refractivity contribution in [2.75, 3.05) is 32.7 Å². The highest BCUT2D eigenvalue weighted by molar-refractivity contribution is 9.10. The van der Waals surface area contributed by atoms with Crippen molar-refractivity contribution < 1.29 is 9.90 Å². The Hall–Kier alpha value is -0.980. The van der Waals surface area contributed by atoms with Crippen molar-refractivity contribution in [3.8, 4) is 0 Å². The molecule has 1 aromatic heterocycles. The van der Waals surface area contributed by atoms with Gasteiger partial charge < -0.3 is 10.0 Å². The van der Waals surface area contributed by atoms with Gasteiger partial charge in [0.2, 0.25) is 0 Å². The highest BCUT2D eigenvalue weighted by Crippen LogP contribution is 2.12. The highest BCUT2D eigenvalue weighted by atomic mass is 79.9. The van der Waals surface area contributed by atoms with Gasteiger partial charge >= 0.3 is 0 Å². The Morgan fingerprint density at radius 1 is 1.35 bits per heavy atom. The van der Waals surface area contributed by atoms with E-state index in [-0.39, 0.29) is 5.91 Å². The van der Waals surface area contributed by atoms with Gasteiger partial charge in [0.25, 0.3) is 5.91 Å². The molecule has 1 amide bonds. The summed E-state index contributed by atoms with van der Waals surface area (Å²) in [5.41, 5.74) is -0.0777. The van der Waals surface area contributed by atoms with Crippen LogP contribution in [0.15, 0.2) is 22.9 Å². The summed E-state index contributed by atoms with van der Waals surface area (Å²) in [6.07, 6.45) is 1.59. The molecule has 0 bridgehead atoms. The highest BCUT2D eigenvalue weighted by Gasteiger charge is 2.25. The molecule has 0 saturated carbocycles. The zero-order valence-corrected chi connectivity index (χ0v) is 13.4. The van der Waals surface area contributed by atoms with Gasteiger partial charge in [0.15, 0.2) is 0 Å². The van der Waals surface area contributed by atoms with E-state index < -0.39 is 5.60 Å². The molecule has 1 N–H and O–H groups in total. The molecule has 2 heterocycles. The van der Waals surface area contributed by atoms with E-state index in [0.717, 1.165) is 17.7 Å². The van der Waals surface area contributed by atoms with Crippen LogP contribution in [0.1, 0.15) is 24.2 Å². The number of amides is 1. The molecule has 1 fully saturated rings. The molecule has 5 nitrogen and oxygen atoms in total. The molecule has 1 aliphatic heterocycles. The number of carbonyl (C=O) groups excluding carboxylic acids is 1. The topological polar surface area (TPSA) is 56.7 Å². The van der Waals surface area contributed by atoms with Crippen molar-refractivity contribution in [3.63, 3.8) is 0 Å². The smallest absolute Gasteiger partial charge is 0.255 e. The average molecular weight is 342 g/mol. The number of piperazine rings is 1. The first-order valence-corrected chi connectivity index (χ1v) is 7.50. The summed E-state index contributed by atoms with van der Waals surface area (Å²) in [6.45, 7) is 7.19. The maximum atomic E-state index is 12.3. The maximum absolute atomic E-state index is 12.3. The molecule has 0 radical (unpaired) electrons. The lowest BCUT2D eigenvalue weighted by molar-refractivity contribution is 0.0178. The van der Waals surface area contributed by atoms with Gasteiger partial charge in [0.1, 0.15) is 4.60 Å². The number of pyridine rings is 1. The Labute approximate surface area is 127 Å². The molecule has 2 rings (SSSR count). The number of aliphatic hydroxyl groups is 1. The van der Waals surface area contributed by atoms with Crippen LogP contribution in [-0.2, 0) is 0 Å². The van der Waals surface area contributed by atoms with Crippen molar-refractivity contribution in [2.45, 2.75) is 19.4 Å². The fraction of sp³-hybridized carbons (Fsp3) is 0.571. The first-order chi connectivity index (χ1) is 9.35. The van der Waals surface area contributed by atoms with Gasteiger partial charge in [-0.1, -0.05) is 0 Å². The number of β-amino-alcohol motifs (C(OH)–C–C–N with tert-alkyl or cyclic N) is 1. The average Bonchev–Trinajstić information content (AvgIpc) is 2.38. The van der Waals surface area contributed by atoms with Gasteiger partial charge in [-0.05, 0) is 41.9 Å². The third kappa shape index (κ3) is 4.26. The molecule has 1 aliphatic rings. The van der Waals surface area contributed by atoms with Gasteiger partial charge in [0.05, 0.1) is 11.2 Å². The Bertz CT molecular complexity index is 462. The van der Waals surface area contributed by atoms with Crippen molar-refractivity contribution >= 4 is 21.8 Å². The predicted octanol–water partition coefficient (Wildman–Crippen LogP) is 1.37. The lowest BCUT2D eigenvalue weighted by Crippen LogP contribution is -2.52. The summed E-state index contributed by atoms with van der Waals surface area (Å²) in [4.78, 5) is 20.4. The van der Waals surface area contributed by atoms with E-state index in [2.05, 4.69) is 25.8 Å². The minimum Gasteiger partial charge on any atom is -0.389 e.